The highest BCUT2D eigenvalue weighted by atomic mass is 16.5. The lowest BCUT2D eigenvalue weighted by Gasteiger charge is -2.26. The number of hydrogen-bond acceptors (Lipinski definition) is 5. The molecule has 4 aromatic carbocycles. The predicted octanol–water partition coefficient (Wildman–Crippen LogP) is 7.33. The van der Waals surface area contributed by atoms with Gasteiger partial charge in [-0.05, 0) is 71.5 Å². The quantitative estimate of drug-likeness (QED) is 0.142. The number of rotatable bonds is 8. The van der Waals surface area contributed by atoms with Crippen molar-refractivity contribution in [1.82, 2.24) is 0 Å². The van der Waals surface area contributed by atoms with Gasteiger partial charge in [-0.2, -0.15) is 0 Å². The molecule has 1 aliphatic rings. The molecule has 1 heterocycles. The summed E-state index contributed by atoms with van der Waals surface area (Å²) in [5, 5.41) is 11.7. The number of aliphatic hydroxyl groups is 1. The Kier molecular flexibility index (Phi) is 7.92. The summed E-state index contributed by atoms with van der Waals surface area (Å²) in [7, 11) is 1.61. The smallest absolute Gasteiger partial charge is 0.300 e. The Bertz CT molecular complexity index is 1590. The van der Waals surface area contributed by atoms with Gasteiger partial charge in [-0.3, -0.25) is 14.5 Å². The van der Waals surface area contributed by atoms with Crippen LogP contribution in [-0.2, 0) is 16.2 Å². The summed E-state index contributed by atoms with van der Waals surface area (Å²) in [5.74, 6) is -0.158. The molecule has 0 saturated carbocycles. The second-order valence-corrected chi connectivity index (χ2v) is 10.4. The van der Waals surface area contributed by atoms with Gasteiger partial charge in [0.1, 0.15) is 23.9 Å². The second-order valence-electron chi connectivity index (χ2n) is 10.4. The normalized spacial score (nSPS) is 16.3. The molecule has 1 saturated heterocycles. The fourth-order valence-electron chi connectivity index (χ4n) is 5.22. The van der Waals surface area contributed by atoms with Crippen molar-refractivity contribution in [2.24, 2.45) is 0 Å². The second kappa shape index (κ2) is 11.7. The van der Waals surface area contributed by atoms with E-state index >= 15 is 0 Å². The number of ether oxygens (including phenoxy) is 2. The van der Waals surface area contributed by atoms with Gasteiger partial charge < -0.3 is 14.6 Å². The number of nitrogens with zero attached hydrogens (tertiary/aromatic N) is 1. The molecule has 208 valence electrons. The van der Waals surface area contributed by atoms with E-state index in [-0.39, 0.29) is 17.3 Å². The Labute approximate surface area is 240 Å². The van der Waals surface area contributed by atoms with Crippen LogP contribution >= 0.6 is 0 Å². The Morgan fingerprint density at radius 1 is 0.902 bits per heavy atom. The minimum atomic E-state index is -0.829. The Balaban J connectivity index is 1.60. The molecule has 4 aromatic rings. The summed E-state index contributed by atoms with van der Waals surface area (Å²) in [4.78, 5) is 28.6. The van der Waals surface area contributed by atoms with E-state index in [9.17, 15) is 14.7 Å². The number of carbonyl (C=O) groups excluding carboxylic acids is 2. The molecule has 41 heavy (non-hydrogen) atoms. The van der Waals surface area contributed by atoms with Gasteiger partial charge in [0.2, 0.25) is 0 Å². The fourth-order valence-corrected chi connectivity index (χ4v) is 5.22. The minimum Gasteiger partial charge on any atom is -0.507 e. The summed E-state index contributed by atoms with van der Waals surface area (Å²) in [6, 6.07) is 29.1. The maximum Gasteiger partial charge on any atom is 0.300 e. The molecule has 1 atom stereocenters. The van der Waals surface area contributed by atoms with Crippen molar-refractivity contribution in [2.75, 3.05) is 12.0 Å². The zero-order valence-corrected chi connectivity index (χ0v) is 23.6. The monoisotopic (exact) mass is 547 g/mol. The van der Waals surface area contributed by atoms with Crippen LogP contribution in [0.1, 0.15) is 53.6 Å². The third-order valence-corrected chi connectivity index (χ3v) is 7.38. The number of hydrogen-bond donors (Lipinski definition) is 1. The molecule has 0 radical (unpaired) electrons. The number of ketones is 1. The van der Waals surface area contributed by atoms with E-state index in [1.54, 1.807) is 19.2 Å². The SMILES string of the molecule is COc1cc(C)c(/C(O)=C2\C(=O)C(=O)N(c3ccccc3)C2c2ccc(OCc3ccccc3)cc2)cc1C(C)C. The number of anilines is 1. The molecule has 0 spiro atoms. The van der Waals surface area contributed by atoms with E-state index in [2.05, 4.69) is 0 Å². The van der Waals surface area contributed by atoms with Crippen LogP contribution in [0.15, 0.2) is 103 Å². The van der Waals surface area contributed by atoms with Gasteiger partial charge in [0.25, 0.3) is 11.7 Å². The van der Waals surface area contributed by atoms with E-state index < -0.39 is 17.7 Å². The van der Waals surface area contributed by atoms with Gasteiger partial charge in [0.15, 0.2) is 0 Å². The maximum atomic E-state index is 13.6. The van der Waals surface area contributed by atoms with Gasteiger partial charge in [0, 0.05) is 11.3 Å². The van der Waals surface area contributed by atoms with Crippen LogP contribution in [0.5, 0.6) is 11.5 Å². The largest absolute Gasteiger partial charge is 0.507 e. The van der Waals surface area contributed by atoms with Crippen LogP contribution in [0.25, 0.3) is 5.76 Å². The third kappa shape index (κ3) is 5.46. The first kappa shape index (κ1) is 27.7. The molecular formula is C35H33NO5. The van der Waals surface area contributed by atoms with Crippen molar-refractivity contribution >= 4 is 23.1 Å². The van der Waals surface area contributed by atoms with Crippen LogP contribution < -0.4 is 14.4 Å². The zero-order chi connectivity index (χ0) is 29.1. The summed E-state index contributed by atoms with van der Waals surface area (Å²) in [5.41, 5.74) is 4.46. The number of para-hydroxylation sites is 1. The highest BCUT2D eigenvalue weighted by molar-refractivity contribution is 6.51. The standard InChI is InChI=1S/C35H33NO5/c1-22(2)28-20-29(23(3)19-30(28)40-4)33(37)31-32(36(35(39)34(31)38)26-13-9-6-10-14-26)25-15-17-27(18-16-25)41-21-24-11-7-5-8-12-24/h5-20,22,32,37H,21H2,1-4H3/b33-31+. The van der Waals surface area contributed by atoms with Crippen molar-refractivity contribution in [2.45, 2.75) is 39.3 Å². The van der Waals surface area contributed by atoms with E-state index in [4.69, 9.17) is 9.47 Å². The molecule has 0 aliphatic carbocycles. The Morgan fingerprint density at radius 2 is 1.54 bits per heavy atom. The topological polar surface area (TPSA) is 76.1 Å². The van der Waals surface area contributed by atoms with Crippen molar-refractivity contribution in [1.29, 1.82) is 0 Å². The number of methoxy groups -OCH3 is 1. The molecular weight excluding hydrogens is 514 g/mol. The van der Waals surface area contributed by atoms with Crippen molar-refractivity contribution < 1.29 is 24.2 Å². The van der Waals surface area contributed by atoms with E-state index in [1.165, 1.54) is 4.90 Å². The molecule has 0 aromatic heterocycles. The first-order valence-corrected chi connectivity index (χ1v) is 13.6. The van der Waals surface area contributed by atoms with Gasteiger partial charge in [0.05, 0.1) is 18.7 Å². The first-order chi connectivity index (χ1) is 19.8. The molecule has 1 aliphatic heterocycles. The van der Waals surface area contributed by atoms with Crippen LogP contribution in [-0.4, -0.2) is 23.9 Å². The molecule has 1 N–H and O–H groups in total. The molecule has 5 rings (SSSR count). The number of aliphatic hydroxyl groups excluding tert-OH is 1. The molecule has 1 fully saturated rings. The fraction of sp³-hybridized carbons (Fsp3) is 0.200. The van der Waals surface area contributed by atoms with Crippen molar-refractivity contribution in [3.63, 3.8) is 0 Å². The number of benzene rings is 4. The maximum absolute atomic E-state index is 13.6. The number of aryl methyl sites for hydroxylation is 1. The van der Waals surface area contributed by atoms with Crippen LogP contribution in [0.2, 0.25) is 0 Å². The molecule has 0 bridgehead atoms. The van der Waals surface area contributed by atoms with E-state index in [0.717, 1.165) is 16.7 Å². The average molecular weight is 548 g/mol. The molecule has 6 heteroatoms. The minimum absolute atomic E-state index is 0.0415. The summed E-state index contributed by atoms with van der Waals surface area (Å²) < 4.78 is 11.5. The van der Waals surface area contributed by atoms with Crippen molar-refractivity contribution in [3.8, 4) is 11.5 Å². The molecule has 6 nitrogen and oxygen atoms in total. The van der Waals surface area contributed by atoms with Crippen LogP contribution in [0.4, 0.5) is 5.69 Å². The van der Waals surface area contributed by atoms with Crippen LogP contribution in [0, 0.1) is 6.92 Å². The lowest BCUT2D eigenvalue weighted by atomic mass is 9.91. The van der Waals surface area contributed by atoms with E-state index in [1.807, 2.05) is 106 Å². The van der Waals surface area contributed by atoms with Gasteiger partial charge in [-0.15, -0.1) is 0 Å². The Morgan fingerprint density at radius 3 is 2.15 bits per heavy atom. The summed E-state index contributed by atoms with van der Waals surface area (Å²) in [6.07, 6.45) is 0. The summed E-state index contributed by atoms with van der Waals surface area (Å²) >= 11 is 0. The predicted molar refractivity (Wildman–Crippen MR) is 160 cm³/mol. The highest BCUT2D eigenvalue weighted by Crippen LogP contribution is 2.43. The van der Waals surface area contributed by atoms with Gasteiger partial charge in [-0.1, -0.05) is 74.5 Å². The highest BCUT2D eigenvalue weighted by Gasteiger charge is 2.47. The summed E-state index contributed by atoms with van der Waals surface area (Å²) in [6.45, 7) is 6.33. The lowest BCUT2D eigenvalue weighted by Crippen LogP contribution is -2.29. The third-order valence-electron chi connectivity index (χ3n) is 7.38. The lowest BCUT2D eigenvalue weighted by molar-refractivity contribution is -0.132. The Hall–Kier alpha value is -4.84. The van der Waals surface area contributed by atoms with E-state index in [0.29, 0.717) is 34.9 Å². The number of amides is 1. The van der Waals surface area contributed by atoms with Crippen LogP contribution in [0.3, 0.4) is 0 Å². The first-order valence-electron chi connectivity index (χ1n) is 13.6. The zero-order valence-electron chi connectivity index (χ0n) is 23.6. The average Bonchev–Trinajstić information content (AvgIpc) is 3.26. The molecule has 1 amide bonds. The van der Waals surface area contributed by atoms with Gasteiger partial charge >= 0.3 is 0 Å². The van der Waals surface area contributed by atoms with Crippen molar-refractivity contribution in [3.05, 3.63) is 130 Å². The van der Waals surface area contributed by atoms with Gasteiger partial charge in [-0.25, -0.2) is 0 Å². The molecule has 1 unspecified atom stereocenters. The number of carbonyl (C=O) groups is 2. The number of Topliss-reactive ketones (excluding diaryl/α,β-unsaturated/α-hetero) is 1.